The summed E-state index contributed by atoms with van der Waals surface area (Å²) in [5.74, 6) is -0.469. The second-order valence-electron chi connectivity index (χ2n) is 6.63. The lowest BCUT2D eigenvalue weighted by Crippen LogP contribution is -2.27. The van der Waals surface area contributed by atoms with E-state index >= 15 is 0 Å². The summed E-state index contributed by atoms with van der Waals surface area (Å²) in [5.41, 5.74) is 1.15. The van der Waals surface area contributed by atoms with E-state index in [1.54, 1.807) is 24.5 Å². The molecular formula is C17H18N4O2S. The molecule has 0 spiro atoms. The highest BCUT2D eigenvalue weighted by Crippen LogP contribution is 2.32. The van der Waals surface area contributed by atoms with Gasteiger partial charge in [-0.05, 0) is 18.2 Å². The van der Waals surface area contributed by atoms with Crippen molar-refractivity contribution in [2.75, 3.05) is 5.32 Å². The molecule has 2 heterocycles. The van der Waals surface area contributed by atoms with E-state index in [2.05, 4.69) is 36.1 Å². The number of amides is 1. The number of benzene rings is 1. The van der Waals surface area contributed by atoms with Crippen LogP contribution in [-0.2, 0) is 12.5 Å². The van der Waals surface area contributed by atoms with E-state index in [9.17, 15) is 9.59 Å². The Balaban J connectivity index is 1.91. The average molecular weight is 342 g/mol. The normalized spacial score (nSPS) is 11.7. The molecule has 0 fully saturated rings. The Labute approximate surface area is 143 Å². The number of hydrogen-bond acceptors (Lipinski definition) is 5. The lowest BCUT2D eigenvalue weighted by Gasteiger charge is -2.13. The summed E-state index contributed by atoms with van der Waals surface area (Å²) in [4.78, 5) is 32.8. The van der Waals surface area contributed by atoms with Gasteiger partial charge >= 0.3 is 0 Å². The lowest BCUT2D eigenvalue weighted by atomic mass is 9.98. The van der Waals surface area contributed by atoms with Gasteiger partial charge in [-0.2, -0.15) is 0 Å². The molecule has 1 N–H and O–H groups in total. The standard InChI is InChI=1S/C17H18N4O2S/c1-17(2,3)16-20-12-6-5-10(7-13(12)24-16)19-14(22)11-8-18-9-21(4)15(11)23/h5-9H,1-4H3,(H,19,22). The maximum absolute atomic E-state index is 12.3. The molecule has 7 heteroatoms. The molecule has 0 saturated carbocycles. The largest absolute Gasteiger partial charge is 0.322 e. The molecule has 6 nitrogen and oxygen atoms in total. The lowest BCUT2D eigenvalue weighted by molar-refractivity contribution is 0.102. The molecule has 0 atom stereocenters. The number of thiazole rings is 1. The van der Waals surface area contributed by atoms with Crippen LogP contribution in [0.25, 0.3) is 10.2 Å². The summed E-state index contributed by atoms with van der Waals surface area (Å²) >= 11 is 1.61. The minimum absolute atomic E-state index is 0.0137. The predicted octanol–water partition coefficient (Wildman–Crippen LogP) is 2.94. The zero-order valence-corrected chi connectivity index (χ0v) is 14.8. The fourth-order valence-electron chi connectivity index (χ4n) is 2.18. The number of carbonyl (C=O) groups excluding carboxylic acids is 1. The van der Waals surface area contributed by atoms with Crippen molar-refractivity contribution in [3.8, 4) is 0 Å². The second-order valence-corrected chi connectivity index (χ2v) is 7.66. The van der Waals surface area contributed by atoms with Crippen LogP contribution in [0.4, 0.5) is 5.69 Å². The van der Waals surface area contributed by atoms with Gasteiger partial charge in [0.15, 0.2) is 0 Å². The number of aryl methyl sites for hydroxylation is 1. The molecule has 3 rings (SSSR count). The zero-order valence-electron chi connectivity index (χ0n) is 14.0. The zero-order chi connectivity index (χ0) is 17.5. The monoisotopic (exact) mass is 342 g/mol. The quantitative estimate of drug-likeness (QED) is 0.777. The number of anilines is 1. The van der Waals surface area contributed by atoms with Gasteiger partial charge in [0.1, 0.15) is 5.56 Å². The molecule has 24 heavy (non-hydrogen) atoms. The molecule has 0 aliphatic carbocycles. The third kappa shape index (κ3) is 3.07. The minimum atomic E-state index is -0.469. The number of fused-ring (bicyclic) bond motifs is 1. The Morgan fingerprint density at radius 1 is 1.29 bits per heavy atom. The molecule has 0 bridgehead atoms. The van der Waals surface area contributed by atoms with Crippen molar-refractivity contribution >= 4 is 33.1 Å². The van der Waals surface area contributed by atoms with Crippen molar-refractivity contribution in [2.45, 2.75) is 26.2 Å². The average Bonchev–Trinajstić information content (AvgIpc) is 2.93. The summed E-state index contributed by atoms with van der Waals surface area (Å²) in [6.07, 6.45) is 2.65. The van der Waals surface area contributed by atoms with Gasteiger partial charge in [0.2, 0.25) is 0 Å². The van der Waals surface area contributed by atoms with Gasteiger partial charge < -0.3 is 9.88 Å². The van der Waals surface area contributed by atoms with Gasteiger partial charge in [-0.25, -0.2) is 9.97 Å². The molecular weight excluding hydrogens is 324 g/mol. The van der Waals surface area contributed by atoms with Crippen molar-refractivity contribution in [2.24, 2.45) is 7.05 Å². The molecule has 0 radical (unpaired) electrons. The van der Waals surface area contributed by atoms with E-state index in [0.717, 1.165) is 15.2 Å². The Bertz CT molecular complexity index is 982. The second kappa shape index (κ2) is 5.83. The molecule has 3 aromatic rings. The molecule has 1 aromatic carbocycles. The number of nitrogens with zero attached hydrogens (tertiary/aromatic N) is 3. The van der Waals surface area contributed by atoms with Crippen molar-refractivity contribution in [1.82, 2.24) is 14.5 Å². The van der Waals surface area contributed by atoms with Gasteiger partial charge in [-0.3, -0.25) is 9.59 Å². The summed E-state index contributed by atoms with van der Waals surface area (Å²) in [6.45, 7) is 6.35. The van der Waals surface area contributed by atoms with E-state index in [1.807, 2.05) is 12.1 Å². The van der Waals surface area contributed by atoms with Crippen LogP contribution in [0.1, 0.15) is 36.1 Å². The summed E-state index contributed by atoms with van der Waals surface area (Å²) in [6, 6.07) is 5.53. The van der Waals surface area contributed by atoms with Crippen LogP contribution in [0.2, 0.25) is 0 Å². The Hall–Kier alpha value is -2.54. The van der Waals surface area contributed by atoms with Gasteiger partial charge in [0, 0.05) is 24.3 Å². The Kier molecular flexibility index (Phi) is 3.96. The van der Waals surface area contributed by atoms with Crippen molar-refractivity contribution in [3.63, 3.8) is 0 Å². The van der Waals surface area contributed by atoms with Gasteiger partial charge in [-0.15, -0.1) is 11.3 Å². The molecule has 0 unspecified atom stereocenters. The summed E-state index contributed by atoms with van der Waals surface area (Å²) in [7, 11) is 1.56. The maximum Gasteiger partial charge on any atom is 0.265 e. The smallest absolute Gasteiger partial charge is 0.265 e. The van der Waals surface area contributed by atoms with Crippen LogP contribution in [0.15, 0.2) is 35.5 Å². The van der Waals surface area contributed by atoms with Crippen LogP contribution in [0, 0.1) is 0 Å². The first-order valence-corrected chi connectivity index (χ1v) is 8.30. The highest BCUT2D eigenvalue weighted by molar-refractivity contribution is 7.18. The Morgan fingerprint density at radius 3 is 2.75 bits per heavy atom. The maximum atomic E-state index is 12.3. The topological polar surface area (TPSA) is 76.9 Å². The molecule has 1 amide bonds. The van der Waals surface area contributed by atoms with Crippen LogP contribution in [-0.4, -0.2) is 20.4 Å². The third-order valence-corrected chi connectivity index (χ3v) is 4.97. The first-order valence-electron chi connectivity index (χ1n) is 7.49. The van der Waals surface area contributed by atoms with Gasteiger partial charge in [0.25, 0.3) is 11.5 Å². The van der Waals surface area contributed by atoms with E-state index in [0.29, 0.717) is 5.69 Å². The van der Waals surface area contributed by atoms with Gasteiger partial charge in [-0.1, -0.05) is 20.8 Å². The molecule has 0 aliphatic heterocycles. The van der Waals surface area contributed by atoms with Crippen molar-refractivity contribution < 1.29 is 4.79 Å². The van der Waals surface area contributed by atoms with Crippen LogP contribution in [0.5, 0.6) is 0 Å². The van der Waals surface area contributed by atoms with Crippen molar-refractivity contribution in [1.29, 1.82) is 0 Å². The van der Waals surface area contributed by atoms with E-state index in [-0.39, 0.29) is 16.5 Å². The molecule has 0 aliphatic rings. The fraction of sp³-hybridized carbons (Fsp3) is 0.294. The molecule has 2 aromatic heterocycles. The highest BCUT2D eigenvalue weighted by Gasteiger charge is 2.19. The highest BCUT2D eigenvalue weighted by atomic mass is 32.1. The number of carbonyl (C=O) groups is 1. The predicted molar refractivity (Wildman–Crippen MR) is 95.8 cm³/mol. The van der Waals surface area contributed by atoms with E-state index < -0.39 is 5.91 Å². The minimum Gasteiger partial charge on any atom is -0.322 e. The molecule has 0 saturated heterocycles. The van der Waals surface area contributed by atoms with Crippen LogP contribution >= 0.6 is 11.3 Å². The first kappa shape index (κ1) is 16.3. The summed E-state index contributed by atoms with van der Waals surface area (Å²) < 4.78 is 2.27. The number of hydrogen-bond donors (Lipinski definition) is 1. The fourth-order valence-corrected chi connectivity index (χ4v) is 3.25. The Morgan fingerprint density at radius 2 is 2.04 bits per heavy atom. The van der Waals surface area contributed by atoms with E-state index in [4.69, 9.17) is 0 Å². The van der Waals surface area contributed by atoms with Crippen LogP contribution < -0.4 is 10.9 Å². The van der Waals surface area contributed by atoms with Crippen LogP contribution in [0.3, 0.4) is 0 Å². The molecule has 124 valence electrons. The number of rotatable bonds is 2. The van der Waals surface area contributed by atoms with Crippen molar-refractivity contribution in [3.05, 3.63) is 51.6 Å². The van der Waals surface area contributed by atoms with E-state index in [1.165, 1.54) is 17.1 Å². The van der Waals surface area contributed by atoms with Gasteiger partial charge in [0.05, 0.1) is 21.6 Å². The summed E-state index contributed by atoms with van der Waals surface area (Å²) in [5, 5.41) is 3.80. The third-order valence-electron chi connectivity index (χ3n) is 3.53. The number of aromatic nitrogens is 3. The number of nitrogens with one attached hydrogen (secondary N) is 1. The SMILES string of the molecule is Cn1cncc(C(=O)Nc2ccc3nc(C(C)(C)C)sc3c2)c1=O. The first-order chi connectivity index (χ1) is 11.3.